The monoisotopic (exact) mass is 289 g/mol. The molecule has 112 valence electrons. The highest BCUT2D eigenvalue weighted by atomic mass is 32.2. The van der Waals surface area contributed by atoms with Gasteiger partial charge in [-0.15, -0.1) is 0 Å². The van der Waals surface area contributed by atoms with Gasteiger partial charge in [-0.1, -0.05) is 19.3 Å². The number of nitrogens with two attached hydrogens (primary N) is 1. The summed E-state index contributed by atoms with van der Waals surface area (Å²) >= 11 is 0. The molecule has 0 aromatic rings. The Morgan fingerprint density at radius 3 is 2.11 bits per heavy atom. The molecule has 2 fully saturated rings. The van der Waals surface area contributed by atoms with Crippen molar-refractivity contribution in [2.75, 3.05) is 32.7 Å². The van der Waals surface area contributed by atoms with Crippen LogP contribution in [-0.2, 0) is 10.2 Å². The maximum Gasteiger partial charge on any atom is 0.281 e. The summed E-state index contributed by atoms with van der Waals surface area (Å²) in [6.45, 7) is 3.23. The van der Waals surface area contributed by atoms with Crippen LogP contribution in [0.5, 0.6) is 0 Å². The maximum atomic E-state index is 12.7. The van der Waals surface area contributed by atoms with E-state index in [-0.39, 0.29) is 0 Å². The van der Waals surface area contributed by atoms with Crippen LogP contribution >= 0.6 is 0 Å². The van der Waals surface area contributed by atoms with E-state index in [1.165, 1.54) is 6.42 Å². The molecule has 2 rings (SSSR count). The zero-order valence-electron chi connectivity index (χ0n) is 11.8. The Kier molecular flexibility index (Phi) is 5.62. The molecule has 2 heterocycles. The fourth-order valence-corrected chi connectivity index (χ4v) is 4.85. The molecule has 19 heavy (non-hydrogen) atoms. The Balaban J connectivity index is 2.02. The summed E-state index contributed by atoms with van der Waals surface area (Å²) in [4.78, 5) is 0. The zero-order chi connectivity index (χ0) is 13.7. The fraction of sp³-hybridized carbons (Fsp3) is 1.00. The van der Waals surface area contributed by atoms with E-state index < -0.39 is 10.2 Å². The molecule has 0 aromatic carbocycles. The van der Waals surface area contributed by atoms with E-state index in [9.17, 15) is 8.42 Å². The highest BCUT2D eigenvalue weighted by Gasteiger charge is 2.33. The lowest BCUT2D eigenvalue weighted by Crippen LogP contribution is -2.49. The lowest BCUT2D eigenvalue weighted by atomic mass is 10.0. The summed E-state index contributed by atoms with van der Waals surface area (Å²) in [6.07, 6.45) is 7.53. The Hall–Kier alpha value is -0.170. The van der Waals surface area contributed by atoms with Gasteiger partial charge in [0.05, 0.1) is 0 Å². The molecule has 0 radical (unpaired) electrons. The normalized spacial score (nSPS) is 28.8. The van der Waals surface area contributed by atoms with Gasteiger partial charge in [-0.05, 0) is 38.1 Å². The van der Waals surface area contributed by atoms with Gasteiger partial charge < -0.3 is 5.73 Å². The van der Waals surface area contributed by atoms with Crippen LogP contribution in [0.2, 0.25) is 0 Å². The summed E-state index contributed by atoms with van der Waals surface area (Å²) < 4.78 is 28.7. The number of piperidine rings is 1. The first kappa shape index (κ1) is 15.2. The smallest absolute Gasteiger partial charge is 0.281 e. The predicted molar refractivity (Wildman–Crippen MR) is 76.9 cm³/mol. The second-order valence-corrected chi connectivity index (χ2v) is 7.71. The molecule has 2 aliphatic heterocycles. The van der Waals surface area contributed by atoms with Gasteiger partial charge >= 0.3 is 0 Å². The third-order valence-corrected chi connectivity index (χ3v) is 6.28. The van der Waals surface area contributed by atoms with E-state index in [2.05, 4.69) is 0 Å². The lowest BCUT2D eigenvalue weighted by molar-refractivity contribution is 0.245. The van der Waals surface area contributed by atoms with Gasteiger partial charge in [0.15, 0.2) is 0 Å². The predicted octanol–water partition coefficient (Wildman–Crippen LogP) is 1.17. The van der Waals surface area contributed by atoms with Crippen molar-refractivity contribution in [2.24, 2.45) is 11.7 Å². The van der Waals surface area contributed by atoms with E-state index in [0.29, 0.717) is 38.6 Å². The van der Waals surface area contributed by atoms with Crippen molar-refractivity contribution < 1.29 is 8.42 Å². The quantitative estimate of drug-likeness (QED) is 0.848. The molecule has 2 aliphatic rings. The molecule has 0 aromatic heterocycles. The SMILES string of the molecule is NCC1CCCN(S(=O)(=O)N2CCCCCCC2)C1. The van der Waals surface area contributed by atoms with Crippen LogP contribution in [0.3, 0.4) is 0 Å². The average molecular weight is 289 g/mol. The topological polar surface area (TPSA) is 66.6 Å². The molecular formula is C13H27N3O2S. The number of rotatable bonds is 3. The van der Waals surface area contributed by atoms with Crippen molar-refractivity contribution >= 4 is 10.2 Å². The van der Waals surface area contributed by atoms with Crippen LogP contribution in [0.25, 0.3) is 0 Å². The van der Waals surface area contributed by atoms with Crippen LogP contribution < -0.4 is 5.73 Å². The first-order valence-electron chi connectivity index (χ1n) is 7.60. The molecule has 1 unspecified atom stereocenters. The molecule has 0 saturated carbocycles. The van der Waals surface area contributed by atoms with E-state index in [1.54, 1.807) is 8.61 Å². The Morgan fingerprint density at radius 2 is 1.47 bits per heavy atom. The largest absolute Gasteiger partial charge is 0.330 e. The first-order chi connectivity index (χ1) is 9.14. The lowest BCUT2D eigenvalue weighted by Gasteiger charge is -2.35. The second-order valence-electron chi connectivity index (χ2n) is 5.78. The number of nitrogens with zero attached hydrogens (tertiary/aromatic N) is 2. The van der Waals surface area contributed by atoms with E-state index >= 15 is 0 Å². The number of hydrogen-bond donors (Lipinski definition) is 1. The second kappa shape index (κ2) is 7.02. The Morgan fingerprint density at radius 1 is 0.895 bits per heavy atom. The van der Waals surface area contributed by atoms with Gasteiger partial charge in [-0.2, -0.15) is 17.0 Å². The molecule has 1 atom stereocenters. The maximum absolute atomic E-state index is 12.7. The molecule has 6 heteroatoms. The highest BCUT2D eigenvalue weighted by Crippen LogP contribution is 2.22. The van der Waals surface area contributed by atoms with Crippen LogP contribution in [0.15, 0.2) is 0 Å². The van der Waals surface area contributed by atoms with Gasteiger partial charge in [0.2, 0.25) is 0 Å². The minimum atomic E-state index is -3.26. The molecular weight excluding hydrogens is 262 g/mol. The van der Waals surface area contributed by atoms with Gasteiger partial charge in [0.25, 0.3) is 10.2 Å². The van der Waals surface area contributed by atoms with Crippen LogP contribution in [0.1, 0.15) is 44.9 Å². The van der Waals surface area contributed by atoms with Crippen molar-refractivity contribution in [3.8, 4) is 0 Å². The molecule has 5 nitrogen and oxygen atoms in total. The molecule has 0 aliphatic carbocycles. The third-order valence-electron chi connectivity index (χ3n) is 4.28. The van der Waals surface area contributed by atoms with E-state index in [4.69, 9.17) is 5.73 Å². The molecule has 0 spiro atoms. The van der Waals surface area contributed by atoms with Crippen LogP contribution in [-0.4, -0.2) is 49.8 Å². The summed E-state index contributed by atoms with van der Waals surface area (Å²) in [6, 6.07) is 0. The molecule has 2 saturated heterocycles. The summed E-state index contributed by atoms with van der Waals surface area (Å²) in [5.41, 5.74) is 5.70. The van der Waals surface area contributed by atoms with Crippen LogP contribution in [0.4, 0.5) is 0 Å². The van der Waals surface area contributed by atoms with Crippen molar-refractivity contribution in [2.45, 2.75) is 44.9 Å². The van der Waals surface area contributed by atoms with E-state index in [1.807, 2.05) is 0 Å². The fourth-order valence-electron chi connectivity index (χ4n) is 3.04. The van der Waals surface area contributed by atoms with Crippen molar-refractivity contribution in [3.05, 3.63) is 0 Å². The van der Waals surface area contributed by atoms with Gasteiger partial charge in [-0.3, -0.25) is 0 Å². The van der Waals surface area contributed by atoms with Gasteiger partial charge in [0, 0.05) is 26.2 Å². The van der Waals surface area contributed by atoms with Crippen molar-refractivity contribution in [1.82, 2.24) is 8.61 Å². The van der Waals surface area contributed by atoms with Gasteiger partial charge in [0.1, 0.15) is 0 Å². The minimum absolute atomic E-state index is 0.332. The number of hydrogen-bond acceptors (Lipinski definition) is 3. The Labute approximate surface area is 117 Å². The zero-order valence-corrected chi connectivity index (χ0v) is 12.6. The summed E-state index contributed by atoms with van der Waals surface area (Å²) in [5, 5.41) is 0. The minimum Gasteiger partial charge on any atom is -0.330 e. The van der Waals surface area contributed by atoms with Crippen molar-refractivity contribution in [3.63, 3.8) is 0 Å². The first-order valence-corrected chi connectivity index (χ1v) is 8.99. The van der Waals surface area contributed by atoms with Gasteiger partial charge in [-0.25, -0.2) is 0 Å². The Bertz CT molecular complexity index is 356. The third kappa shape index (κ3) is 3.90. The van der Waals surface area contributed by atoms with E-state index in [0.717, 1.165) is 38.5 Å². The molecule has 0 bridgehead atoms. The van der Waals surface area contributed by atoms with Crippen LogP contribution in [0, 0.1) is 5.92 Å². The average Bonchev–Trinajstić information content (AvgIpc) is 2.38. The summed E-state index contributed by atoms with van der Waals surface area (Å²) in [5.74, 6) is 0.332. The molecule has 2 N–H and O–H groups in total. The van der Waals surface area contributed by atoms with Crippen molar-refractivity contribution in [1.29, 1.82) is 0 Å². The highest BCUT2D eigenvalue weighted by molar-refractivity contribution is 7.86. The standard InChI is InChI=1S/C13H27N3O2S/c14-11-13-7-6-10-16(12-13)19(17,18)15-8-4-2-1-3-5-9-15/h13H,1-12,14H2. The molecule has 0 amide bonds. The summed E-state index contributed by atoms with van der Waals surface area (Å²) in [7, 11) is -3.26.